The smallest absolute Gasteiger partial charge is 0.331 e. The average molecular weight is 564 g/mol. The Kier molecular flexibility index (Phi) is 15.1. The molecule has 0 saturated heterocycles. The Hall–Kier alpha value is -4.33. The molecular weight excluding hydrogens is 551 g/mol. The molecule has 0 atom stereocenters. The van der Waals surface area contributed by atoms with Crippen molar-refractivity contribution in [2.24, 2.45) is 0 Å². The molecule has 0 aliphatic heterocycles. The van der Waals surface area contributed by atoms with Crippen molar-refractivity contribution >= 4 is 67.9 Å². The van der Waals surface area contributed by atoms with Gasteiger partial charge in [-0.3, -0.25) is 34.6 Å². The molecule has 0 saturated carbocycles. The average Bonchev–Trinajstić information content (AvgIpc) is 2.80. The number of benzene rings is 2. The summed E-state index contributed by atoms with van der Waals surface area (Å²) in [6.45, 7) is 0. The first-order valence-electron chi connectivity index (χ1n) is 8.80. The lowest BCUT2D eigenvalue weighted by molar-refractivity contribution is -0.385. The van der Waals surface area contributed by atoms with Gasteiger partial charge in [-0.25, -0.2) is 4.79 Å². The Morgan fingerprint density at radius 3 is 1.28 bits per heavy atom. The van der Waals surface area contributed by atoms with Crippen LogP contribution < -0.4 is 9.47 Å². The van der Waals surface area contributed by atoms with Crippen LogP contribution in [0.4, 0.5) is 11.4 Å². The van der Waals surface area contributed by atoms with Crippen molar-refractivity contribution in [2.75, 3.05) is 0 Å². The highest BCUT2D eigenvalue weighted by molar-refractivity contribution is 6.97. The summed E-state index contributed by atoms with van der Waals surface area (Å²) in [6, 6.07) is 10.7. The van der Waals surface area contributed by atoms with Crippen molar-refractivity contribution in [3.8, 4) is 11.5 Å². The van der Waals surface area contributed by atoms with E-state index in [2.05, 4.69) is 23.2 Å². The van der Waals surface area contributed by atoms with Crippen LogP contribution in [0.3, 0.4) is 0 Å². The zero-order chi connectivity index (χ0) is 27.7. The highest BCUT2D eigenvalue weighted by Gasteiger charge is 2.04. The van der Waals surface area contributed by atoms with Crippen LogP contribution in [0.1, 0.15) is 0 Å². The number of halogens is 3. The number of carbonyl (C=O) groups is 4. The fourth-order valence-electron chi connectivity index (χ4n) is 1.63. The molecule has 2 aromatic rings. The Morgan fingerprint density at radius 1 is 0.694 bits per heavy atom. The highest BCUT2D eigenvalue weighted by Crippen LogP contribution is 2.18. The lowest BCUT2D eigenvalue weighted by atomic mass is 10.3. The Labute approximate surface area is 216 Å². The largest absolute Gasteiger partial charge is 0.478 e. The number of carboxylic acid groups (broad SMARTS) is 1. The number of hydrogen-bond donors (Lipinski definition) is 1. The van der Waals surface area contributed by atoms with Gasteiger partial charge in [0.2, 0.25) is 5.24 Å². The second-order valence-electron chi connectivity index (χ2n) is 5.53. The summed E-state index contributed by atoms with van der Waals surface area (Å²) >= 11 is 14.0. The number of non-ortho nitro benzene ring substituents is 2. The van der Waals surface area contributed by atoms with E-state index in [0.29, 0.717) is 11.5 Å². The van der Waals surface area contributed by atoms with Crippen LogP contribution in [-0.4, -0.2) is 36.6 Å². The molecule has 16 heteroatoms. The van der Waals surface area contributed by atoms with Gasteiger partial charge in [-0.15, -0.1) is 0 Å². The van der Waals surface area contributed by atoms with Gasteiger partial charge in [-0.1, -0.05) is 0 Å². The molecule has 0 heterocycles. The number of carboxylic acids is 1. The molecule has 0 amide bonds. The second kappa shape index (κ2) is 17.2. The maximum atomic E-state index is 10.3. The Morgan fingerprint density at radius 2 is 1.03 bits per heavy atom. The Balaban J connectivity index is 0.000000558. The van der Waals surface area contributed by atoms with Gasteiger partial charge in [0.1, 0.15) is 11.5 Å². The maximum absolute atomic E-state index is 10.3. The lowest BCUT2D eigenvalue weighted by Crippen LogP contribution is -1.94. The van der Waals surface area contributed by atoms with Crippen LogP contribution in [0, 0.1) is 20.2 Å². The van der Waals surface area contributed by atoms with Crippen LogP contribution in [-0.2, 0) is 19.2 Å². The van der Waals surface area contributed by atoms with E-state index in [4.69, 9.17) is 26.2 Å². The monoisotopic (exact) mass is 562 g/mol. The van der Waals surface area contributed by atoms with Crippen LogP contribution in [0.25, 0.3) is 0 Å². The first-order valence-corrected chi connectivity index (χ1v) is 9.93. The van der Waals surface area contributed by atoms with Crippen LogP contribution in [0.15, 0.2) is 73.2 Å². The zero-order valence-electron chi connectivity index (χ0n) is 17.5. The van der Waals surface area contributed by atoms with Crippen LogP contribution >= 0.6 is 34.8 Å². The molecule has 2 aromatic carbocycles. The van der Waals surface area contributed by atoms with Gasteiger partial charge in [-0.05, 0) is 59.1 Å². The third-order valence-corrected chi connectivity index (χ3v) is 3.63. The fraction of sp³-hybridized carbons (Fsp3) is 0. The maximum Gasteiger partial charge on any atom is 0.331 e. The molecule has 1 N–H and O–H groups in total. The van der Waals surface area contributed by atoms with Gasteiger partial charge in [0.25, 0.3) is 11.4 Å². The minimum Gasteiger partial charge on any atom is -0.478 e. The molecule has 2 rings (SSSR count). The zero-order valence-corrected chi connectivity index (χ0v) is 19.8. The predicted octanol–water partition coefficient (Wildman–Crippen LogP) is 4.34. The first-order chi connectivity index (χ1) is 16.8. The summed E-state index contributed by atoms with van der Waals surface area (Å²) in [4.78, 5) is 58.8. The van der Waals surface area contributed by atoms with E-state index in [-0.39, 0.29) is 11.4 Å². The van der Waals surface area contributed by atoms with Crippen molar-refractivity contribution in [3.05, 3.63) is 93.4 Å². The van der Waals surface area contributed by atoms with Crippen molar-refractivity contribution < 1.29 is 43.6 Å². The van der Waals surface area contributed by atoms with E-state index in [1.807, 2.05) is 0 Å². The van der Waals surface area contributed by atoms with E-state index in [0.717, 1.165) is 24.7 Å². The molecule has 0 radical (unpaired) electrons. The summed E-state index contributed by atoms with van der Waals surface area (Å²) in [7, 11) is 0. The van der Waals surface area contributed by atoms with Crippen molar-refractivity contribution in [3.63, 3.8) is 0 Å². The minimum atomic E-state index is -1.14. The van der Waals surface area contributed by atoms with Gasteiger partial charge in [-0.2, -0.15) is 0 Å². The number of rotatable bonds is 9. The molecular formula is C20H13Cl3N2O11. The molecule has 0 bridgehead atoms. The summed E-state index contributed by atoms with van der Waals surface area (Å²) in [5.74, 6) is -0.412. The molecule has 0 unspecified atom stereocenters. The SMILES string of the molecule is O=C(Cl)/C=C/Oc1ccc([N+](=O)[O-])cc1.O=C(Cl)C(=O)Cl.O=C(O)/C=C/Oc1ccc([N+](=O)[O-])cc1. The molecule has 0 spiro atoms. The summed E-state index contributed by atoms with van der Waals surface area (Å²) < 4.78 is 9.81. The van der Waals surface area contributed by atoms with Crippen LogP contribution in [0.5, 0.6) is 11.5 Å². The first kappa shape index (κ1) is 31.7. The lowest BCUT2D eigenvalue weighted by Gasteiger charge is -1.97. The van der Waals surface area contributed by atoms with E-state index < -0.39 is 31.5 Å². The molecule has 13 nitrogen and oxygen atoms in total. The van der Waals surface area contributed by atoms with E-state index in [1.54, 1.807) is 0 Å². The van der Waals surface area contributed by atoms with Gasteiger partial charge in [0.15, 0.2) is 0 Å². The highest BCUT2D eigenvalue weighted by atomic mass is 35.5. The number of nitro groups is 2. The summed E-state index contributed by atoms with van der Waals surface area (Å²) in [6.07, 6.45) is 3.95. The second-order valence-corrected chi connectivity index (χ2v) is 6.59. The normalized spacial score (nSPS) is 9.75. The van der Waals surface area contributed by atoms with Gasteiger partial charge < -0.3 is 14.6 Å². The fourth-order valence-corrected chi connectivity index (χ4v) is 1.68. The van der Waals surface area contributed by atoms with E-state index in [1.165, 1.54) is 48.5 Å². The van der Waals surface area contributed by atoms with Crippen molar-refractivity contribution in [1.29, 1.82) is 0 Å². The van der Waals surface area contributed by atoms with Crippen LogP contribution in [0.2, 0.25) is 0 Å². The minimum absolute atomic E-state index is 0.0280. The van der Waals surface area contributed by atoms with Gasteiger partial charge in [0, 0.05) is 30.3 Å². The topological polar surface area (TPSA) is 193 Å². The number of aliphatic carboxylic acids is 1. The number of hydrogen-bond acceptors (Lipinski definition) is 10. The molecule has 0 aliphatic rings. The standard InChI is InChI=1S/C9H6ClNO4.C9H7NO5.C2Cl2O2/c10-9(12)5-6-15-8-3-1-7(2-4-8)11(13)14;11-9(12)5-6-15-8-3-1-7(2-4-8)10(13)14;3-1(5)2(4)6/h1-6H;1-6H,(H,11,12);/b2*6-5+;. The number of ether oxygens (including phenoxy) is 2. The number of allylic oxidation sites excluding steroid dienone is 1. The number of carbonyl (C=O) groups excluding carboxylic acids is 3. The summed E-state index contributed by atoms with van der Waals surface area (Å²) in [5.41, 5.74) is -0.0793. The molecule has 190 valence electrons. The van der Waals surface area contributed by atoms with E-state index >= 15 is 0 Å². The molecule has 0 aromatic heterocycles. The number of nitrogens with zero attached hydrogens (tertiary/aromatic N) is 2. The molecule has 36 heavy (non-hydrogen) atoms. The molecule has 0 aliphatic carbocycles. The van der Waals surface area contributed by atoms with E-state index in [9.17, 15) is 39.4 Å². The van der Waals surface area contributed by atoms with Crippen molar-refractivity contribution in [2.45, 2.75) is 0 Å². The number of nitro benzene ring substituents is 2. The van der Waals surface area contributed by atoms with Crippen molar-refractivity contribution in [1.82, 2.24) is 0 Å². The van der Waals surface area contributed by atoms with Gasteiger partial charge in [0.05, 0.1) is 28.4 Å². The predicted molar refractivity (Wildman–Crippen MR) is 126 cm³/mol. The molecule has 0 fully saturated rings. The third-order valence-electron chi connectivity index (χ3n) is 3.07. The summed E-state index contributed by atoms with van der Waals surface area (Å²) in [5, 5.41) is 25.9. The van der Waals surface area contributed by atoms with Gasteiger partial charge >= 0.3 is 16.5 Å². The third kappa shape index (κ3) is 15.5. The quantitative estimate of drug-likeness (QED) is 0.114. The Bertz CT molecular complexity index is 1060.